The summed E-state index contributed by atoms with van der Waals surface area (Å²) in [6.07, 6.45) is 0.845. The third-order valence-corrected chi connectivity index (χ3v) is 4.29. The molecule has 3 rings (SSSR count). The lowest BCUT2D eigenvalue weighted by atomic mass is 10.0. The van der Waals surface area contributed by atoms with Crippen LogP contribution in [0.2, 0.25) is 0 Å². The van der Waals surface area contributed by atoms with Crippen molar-refractivity contribution >= 4 is 17.8 Å². The molecule has 2 N–H and O–H groups in total. The van der Waals surface area contributed by atoms with E-state index in [1.54, 1.807) is 25.2 Å². The minimum Gasteiger partial charge on any atom is -0.493 e. The number of hydrogen-bond donors (Lipinski definition) is 2. The average molecular weight is 318 g/mol. The zero-order valence-electron chi connectivity index (χ0n) is 12.7. The van der Waals surface area contributed by atoms with Crippen LogP contribution in [-0.4, -0.2) is 48.0 Å². The van der Waals surface area contributed by atoms with Gasteiger partial charge in [0.1, 0.15) is 5.75 Å². The van der Waals surface area contributed by atoms with E-state index in [9.17, 15) is 19.5 Å². The third-order valence-electron chi connectivity index (χ3n) is 4.29. The Morgan fingerprint density at radius 3 is 2.87 bits per heavy atom. The molecule has 2 atom stereocenters. The number of carboxylic acids is 1. The predicted octanol–water partition coefficient (Wildman–Crippen LogP) is 0.342. The van der Waals surface area contributed by atoms with Crippen molar-refractivity contribution in [2.24, 2.45) is 5.92 Å². The molecular formula is C16H18N2O5. The molecule has 2 unspecified atom stereocenters. The van der Waals surface area contributed by atoms with Gasteiger partial charge in [-0.1, -0.05) is 6.07 Å². The first-order chi connectivity index (χ1) is 11.0. The zero-order valence-corrected chi connectivity index (χ0v) is 12.7. The number of nitrogens with zero attached hydrogens (tertiary/aromatic N) is 1. The molecule has 0 aliphatic carbocycles. The largest absolute Gasteiger partial charge is 0.493 e. The number of hydrogen-bond acceptors (Lipinski definition) is 4. The molecule has 2 aliphatic rings. The van der Waals surface area contributed by atoms with Gasteiger partial charge in [0.2, 0.25) is 11.8 Å². The molecule has 1 fully saturated rings. The molecule has 2 amide bonds. The van der Waals surface area contributed by atoms with E-state index >= 15 is 0 Å². The summed E-state index contributed by atoms with van der Waals surface area (Å²) in [5.41, 5.74) is 1.45. The van der Waals surface area contributed by atoms with Crippen LogP contribution in [0.1, 0.15) is 23.6 Å². The van der Waals surface area contributed by atoms with Gasteiger partial charge >= 0.3 is 5.97 Å². The second kappa shape index (κ2) is 5.91. The van der Waals surface area contributed by atoms with E-state index in [1.165, 1.54) is 4.90 Å². The number of aliphatic carboxylic acids is 1. The van der Waals surface area contributed by atoms with E-state index in [0.717, 1.165) is 17.7 Å². The van der Waals surface area contributed by atoms with Crippen LogP contribution in [0.3, 0.4) is 0 Å². The molecule has 2 aliphatic heterocycles. The SMILES string of the molecule is CN1CC(C(=O)NC(C(=O)O)c2ccc3c(c2)CCO3)CC1=O. The molecule has 2 heterocycles. The Bertz CT molecular complexity index is 672. The first-order valence-electron chi connectivity index (χ1n) is 7.48. The van der Waals surface area contributed by atoms with Gasteiger partial charge in [0.25, 0.3) is 0 Å². The highest BCUT2D eigenvalue weighted by atomic mass is 16.5. The lowest BCUT2D eigenvalue weighted by Crippen LogP contribution is -2.38. The van der Waals surface area contributed by atoms with Gasteiger partial charge in [0.15, 0.2) is 6.04 Å². The number of carboxylic acid groups (broad SMARTS) is 1. The van der Waals surface area contributed by atoms with Crippen LogP contribution in [0.5, 0.6) is 5.75 Å². The van der Waals surface area contributed by atoms with Gasteiger partial charge in [0, 0.05) is 26.4 Å². The van der Waals surface area contributed by atoms with Crippen LogP contribution < -0.4 is 10.1 Å². The molecule has 7 heteroatoms. The normalized spacial score (nSPS) is 20.8. The number of likely N-dealkylation sites (tertiary alicyclic amines) is 1. The van der Waals surface area contributed by atoms with Crippen molar-refractivity contribution in [2.75, 3.05) is 20.2 Å². The maximum Gasteiger partial charge on any atom is 0.330 e. The molecular weight excluding hydrogens is 300 g/mol. The number of carbonyl (C=O) groups is 3. The summed E-state index contributed by atoms with van der Waals surface area (Å²) in [5, 5.41) is 12.0. The minimum absolute atomic E-state index is 0.105. The molecule has 23 heavy (non-hydrogen) atoms. The van der Waals surface area contributed by atoms with Crippen LogP contribution in [0.25, 0.3) is 0 Å². The van der Waals surface area contributed by atoms with Crippen molar-refractivity contribution in [3.63, 3.8) is 0 Å². The first kappa shape index (κ1) is 15.3. The maximum absolute atomic E-state index is 12.3. The van der Waals surface area contributed by atoms with Gasteiger partial charge < -0.3 is 20.1 Å². The fraction of sp³-hybridized carbons (Fsp3) is 0.438. The van der Waals surface area contributed by atoms with Gasteiger partial charge in [-0.15, -0.1) is 0 Å². The average Bonchev–Trinajstić information content (AvgIpc) is 3.10. The third kappa shape index (κ3) is 2.99. The van der Waals surface area contributed by atoms with E-state index in [2.05, 4.69) is 5.32 Å². The molecule has 0 radical (unpaired) electrons. The highest BCUT2D eigenvalue weighted by molar-refractivity contribution is 5.91. The maximum atomic E-state index is 12.3. The van der Waals surface area contributed by atoms with Crippen LogP contribution in [-0.2, 0) is 20.8 Å². The van der Waals surface area contributed by atoms with Gasteiger partial charge in [-0.25, -0.2) is 4.79 Å². The highest BCUT2D eigenvalue weighted by Gasteiger charge is 2.34. The van der Waals surface area contributed by atoms with Crippen molar-refractivity contribution in [1.29, 1.82) is 0 Å². The fourth-order valence-corrected chi connectivity index (χ4v) is 2.97. The van der Waals surface area contributed by atoms with E-state index in [0.29, 0.717) is 18.7 Å². The van der Waals surface area contributed by atoms with E-state index < -0.39 is 23.8 Å². The number of amides is 2. The van der Waals surface area contributed by atoms with Gasteiger partial charge in [0.05, 0.1) is 12.5 Å². The van der Waals surface area contributed by atoms with E-state index in [1.807, 2.05) is 0 Å². The minimum atomic E-state index is -1.13. The molecule has 0 saturated carbocycles. The number of nitrogens with one attached hydrogen (secondary N) is 1. The number of carbonyl (C=O) groups excluding carboxylic acids is 2. The Balaban J connectivity index is 1.76. The molecule has 7 nitrogen and oxygen atoms in total. The monoisotopic (exact) mass is 318 g/mol. The summed E-state index contributed by atoms with van der Waals surface area (Å²) in [4.78, 5) is 36.8. The van der Waals surface area contributed by atoms with Gasteiger partial charge in [-0.2, -0.15) is 0 Å². The standard InChI is InChI=1S/C16H18N2O5/c1-18-8-11(7-13(18)19)15(20)17-14(16(21)22)10-2-3-12-9(6-10)4-5-23-12/h2-3,6,11,14H,4-5,7-8H2,1H3,(H,17,20)(H,21,22). The van der Waals surface area contributed by atoms with Crippen LogP contribution in [0, 0.1) is 5.92 Å². The Labute approximate surface area is 133 Å². The second-order valence-corrected chi connectivity index (χ2v) is 5.92. The number of ether oxygens (including phenoxy) is 1. The van der Waals surface area contributed by atoms with Crippen molar-refractivity contribution in [2.45, 2.75) is 18.9 Å². The van der Waals surface area contributed by atoms with E-state index in [-0.39, 0.29) is 12.3 Å². The molecule has 122 valence electrons. The quantitative estimate of drug-likeness (QED) is 0.835. The molecule has 1 saturated heterocycles. The topological polar surface area (TPSA) is 95.9 Å². The molecule has 0 spiro atoms. The number of benzene rings is 1. The van der Waals surface area contributed by atoms with Crippen LogP contribution in [0.15, 0.2) is 18.2 Å². The Morgan fingerprint density at radius 1 is 1.43 bits per heavy atom. The zero-order chi connectivity index (χ0) is 16.6. The summed E-state index contributed by atoms with van der Waals surface area (Å²) in [6.45, 7) is 0.897. The van der Waals surface area contributed by atoms with Crippen LogP contribution in [0.4, 0.5) is 0 Å². The lowest BCUT2D eigenvalue weighted by Gasteiger charge is -2.18. The second-order valence-electron chi connectivity index (χ2n) is 5.92. The molecule has 0 aromatic heterocycles. The van der Waals surface area contributed by atoms with Gasteiger partial charge in [-0.3, -0.25) is 9.59 Å². The predicted molar refractivity (Wildman–Crippen MR) is 79.9 cm³/mol. The van der Waals surface area contributed by atoms with Crippen molar-refractivity contribution in [3.8, 4) is 5.75 Å². The van der Waals surface area contributed by atoms with Crippen molar-refractivity contribution in [3.05, 3.63) is 29.3 Å². The summed E-state index contributed by atoms with van der Waals surface area (Å²) in [5.74, 6) is -1.40. The summed E-state index contributed by atoms with van der Waals surface area (Å²) in [7, 11) is 1.63. The Kier molecular flexibility index (Phi) is 3.94. The Hall–Kier alpha value is -2.57. The smallest absolute Gasteiger partial charge is 0.330 e. The van der Waals surface area contributed by atoms with Crippen LogP contribution >= 0.6 is 0 Å². The summed E-state index contributed by atoms with van der Waals surface area (Å²) >= 11 is 0. The Morgan fingerprint density at radius 2 is 2.22 bits per heavy atom. The number of rotatable bonds is 4. The summed E-state index contributed by atoms with van der Waals surface area (Å²) < 4.78 is 5.40. The molecule has 0 bridgehead atoms. The van der Waals surface area contributed by atoms with Gasteiger partial charge in [-0.05, 0) is 23.3 Å². The fourth-order valence-electron chi connectivity index (χ4n) is 2.97. The molecule has 1 aromatic rings. The summed E-state index contributed by atoms with van der Waals surface area (Å²) in [6, 6.07) is 4.00. The van der Waals surface area contributed by atoms with Crippen molar-refractivity contribution in [1.82, 2.24) is 10.2 Å². The number of fused-ring (bicyclic) bond motifs is 1. The lowest BCUT2D eigenvalue weighted by molar-refractivity contribution is -0.142. The van der Waals surface area contributed by atoms with Crippen molar-refractivity contribution < 1.29 is 24.2 Å². The molecule has 1 aromatic carbocycles. The highest BCUT2D eigenvalue weighted by Crippen LogP contribution is 2.28. The first-order valence-corrected chi connectivity index (χ1v) is 7.48. The van der Waals surface area contributed by atoms with E-state index in [4.69, 9.17) is 4.74 Å².